The number of carbonyl (C=O) groups is 5. The summed E-state index contributed by atoms with van der Waals surface area (Å²) in [6.45, 7) is 13.3. The molecule has 8 aromatic rings. The number of nitrogens with two attached hydrogens (primary N) is 1. The fourth-order valence-corrected chi connectivity index (χ4v) is 17.2. The second-order valence-electron chi connectivity index (χ2n) is 31.0. The molecule has 5 heterocycles. The molecule has 0 unspecified atom stereocenters. The molecule has 0 aromatic heterocycles. The van der Waals surface area contributed by atoms with E-state index in [-0.39, 0.29) is 79.5 Å². The number of likely N-dealkylation sites (tertiary alicyclic amines) is 4. The fraction of sp³-hybridized carbons (Fsp3) is 0.459. The lowest BCUT2D eigenvalue weighted by Crippen LogP contribution is -2.45. The van der Waals surface area contributed by atoms with Crippen molar-refractivity contribution in [2.45, 2.75) is 127 Å². The Balaban J connectivity index is 0.000000219. The van der Waals surface area contributed by atoms with Gasteiger partial charge in [-0.15, -0.1) is 0 Å². The van der Waals surface area contributed by atoms with Gasteiger partial charge in [0.25, 0.3) is 0 Å². The van der Waals surface area contributed by atoms with Gasteiger partial charge in [-0.2, -0.15) is 0 Å². The van der Waals surface area contributed by atoms with Crippen LogP contribution < -0.4 is 57.8 Å². The lowest BCUT2D eigenvalue weighted by atomic mass is 9.84. The molecular weight excluding hydrogens is 1580 g/mol. The van der Waals surface area contributed by atoms with Crippen molar-refractivity contribution in [1.82, 2.24) is 24.5 Å². The minimum absolute atomic E-state index is 0.00539. The second-order valence-corrected chi connectivity index (χ2v) is 31.0. The first-order chi connectivity index (χ1) is 59.9. The van der Waals surface area contributed by atoms with Crippen LogP contribution >= 0.6 is 0 Å². The highest BCUT2D eigenvalue weighted by atomic mass is 16.7. The number of fused-ring (bicyclic) bond motifs is 1. The quantitative estimate of drug-likeness (QED) is 0.0245. The van der Waals surface area contributed by atoms with Crippen molar-refractivity contribution in [3.8, 4) is 63.2 Å². The van der Waals surface area contributed by atoms with Crippen LogP contribution in [-0.2, 0) is 24.0 Å². The molecule has 6 N–H and O–H groups in total. The molecule has 0 radical (unpaired) electrons. The van der Waals surface area contributed by atoms with Gasteiger partial charge in [0.2, 0.25) is 18.4 Å². The Labute approximate surface area is 732 Å². The van der Waals surface area contributed by atoms with Gasteiger partial charge >= 0.3 is 23.9 Å². The molecule has 8 aromatic carbocycles. The van der Waals surface area contributed by atoms with Gasteiger partial charge in [0.15, 0.2) is 23.0 Å². The summed E-state index contributed by atoms with van der Waals surface area (Å²) in [5, 5.41) is 39.1. The van der Waals surface area contributed by atoms with E-state index in [1.54, 1.807) is 56.9 Å². The van der Waals surface area contributed by atoms with Crippen LogP contribution in [0.1, 0.15) is 125 Å². The topological polar surface area (TPSA) is 310 Å². The Morgan fingerprint density at radius 2 is 0.742 bits per heavy atom. The van der Waals surface area contributed by atoms with E-state index < -0.39 is 41.8 Å². The molecule has 4 fully saturated rings. The highest BCUT2D eigenvalue weighted by Gasteiger charge is 2.49. The van der Waals surface area contributed by atoms with Crippen molar-refractivity contribution in [3.05, 3.63) is 222 Å². The van der Waals surface area contributed by atoms with Gasteiger partial charge in [0.05, 0.1) is 93.7 Å². The van der Waals surface area contributed by atoms with E-state index in [1.165, 1.54) is 0 Å². The average Bonchev–Trinajstić information content (AvgIpc) is 1.57. The maximum Gasteiger partial charge on any atom is 0.308 e. The number of likely N-dealkylation sites (N-methyl/N-ethyl adjacent to an activating group) is 3. The average molecular weight is 1710 g/mol. The Kier molecular flexibility index (Phi) is 42.1. The molecule has 26 heteroatoms. The minimum Gasteiger partial charge on any atom is -0.497 e. The highest BCUT2D eigenvalue weighted by Crippen LogP contribution is 2.48. The number of carboxylic acid groups (broad SMARTS) is 4. The first-order valence-corrected chi connectivity index (χ1v) is 42.6. The number of ether oxygens (including phenoxy) is 11. The maximum atomic E-state index is 13.7. The number of hydrogen-bond acceptors (Lipinski definition) is 21. The van der Waals surface area contributed by atoms with Crippen LogP contribution in [0.25, 0.3) is 0 Å². The summed E-state index contributed by atoms with van der Waals surface area (Å²) in [6.07, 6.45) is 6.55. The number of carbonyl (C=O) groups excluding carboxylic acids is 1. The Hall–Kier alpha value is -11.3. The van der Waals surface area contributed by atoms with Crippen LogP contribution in [0, 0.1) is 23.7 Å². The van der Waals surface area contributed by atoms with Crippen molar-refractivity contribution >= 4 is 29.8 Å². The van der Waals surface area contributed by atoms with E-state index in [0.717, 1.165) is 121 Å². The van der Waals surface area contributed by atoms with Crippen molar-refractivity contribution < 1.29 is 96.5 Å². The largest absolute Gasteiger partial charge is 0.497 e. The Morgan fingerprint density at radius 3 is 1.08 bits per heavy atom. The number of benzene rings is 8. The Morgan fingerprint density at radius 1 is 0.395 bits per heavy atom. The van der Waals surface area contributed by atoms with E-state index in [2.05, 4.69) is 21.6 Å². The van der Waals surface area contributed by atoms with Gasteiger partial charge in [0, 0.05) is 87.1 Å². The minimum atomic E-state index is -0.926. The van der Waals surface area contributed by atoms with Crippen LogP contribution in [0.15, 0.2) is 200 Å². The number of unbranched alkanes of at least 4 members (excludes halogenated alkanes) is 2. The molecule has 124 heavy (non-hydrogen) atoms. The number of methoxy groups -OCH3 is 8. The number of aliphatic carboxylic acids is 4. The summed E-state index contributed by atoms with van der Waals surface area (Å²) >= 11 is 0. The van der Waals surface area contributed by atoms with Crippen LogP contribution in [0.2, 0.25) is 0 Å². The first kappa shape index (κ1) is 99.8. The van der Waals surface area contributed by atoms with E-state index in [0.29, 0.717) is 61.3 Å². The first-order valence-electron chi connectivity index (χ1n) is 42.6. The molecule has 5 aliphatic rings. The van der Waals surface area contributed by atoms with Gasteiger partial charge in [0.1, 0.15) is 34.5 Å². The summed E-state index contributed by atoms with van der Waals surface area (Å²) in [7, 11) is 19.0. The lowest BCUT2D eigenvalue weighted by Gasteiger charge is -2.30. The number of carboxylic acids is 4. The summed E-state index contributed by atoms with van der Waals surface area (Å²) in [6, 6.07) is 63.2. The summed E-state index contributed by atoms with van der Waals surface area (Å²) in [5.41, 5.74) is 9.71. The molecule has 1 amide bonds. The molecule has 674 valence electrons. The van der Waals surface area contributed by atoms with Crippen LogP contribution in [0.4, 0.5) is 0 Å². The molecule has 0 saturated carbocycles. The van der Waals surface area contributed by atoms with Crippen LogP contribution in [0.3, 0.4) is 0 Å². The van der Waals surface area contributed by atoms with Gasteiger partial charge in [-0.25, -0.2) is 0 Å². The SMILES string of the molecule is CCCCN(CCCCN)C(=O)CN1C[C@H](c2cc(OC)c3c(c2)OCO3)[C@@H](C(=O)O)[C@@H]1CCOc1ccccc1OC.CC[C@H]1[C@H](C(=O)O)[C@@H](c2ccc(OC)cc2)CN1C.CC[C@H]1[C@H](C(=O)O)[C@@H](c2ccc(OC)cc2)CN1C.CC[C@H]1[C@H](C(=O)O)[C@@H](c2ccc(OC)cc2)CN1C.COc1ccccc1.COc1ccccc1.COc1ccccc1. The monoisotopic (exact) mass is 1710 g/mol. The third-order valence-electron chi connectivity index (χ3n) is 23.6. The molecule has 0 bridgehead atoms. The van der Waals surface area contributed by atoms with E-state index in [4.69, 9.17) is 57.8 Å². The highest BCUT2D eigenvalue weighted by molar-refractivity contribution is 5.79. The fourth-order valence-electron chi connectivity index (χ4n) is 17.2. The van der Waals surface area contributed by atoms with Crippen molar-refractivity contribution in [3.63, 3.8) is 0 Å². The van der Waals surface area contributed by atoms with Crippen molar-refractivity contribution in [2.75, 3.05) is 144 Å². The Bertz CT molecular complexity index is 4140. The summed E-state index contributed by atoms with van der Waals surface area (Å²) in [5.74, 6) is 2.78. The number of para-hydroxylation sites is 5. The normalized spacial score (nSPS) is 21.0. The molecule has 12 atom stereocenters. The van der Waals surface area contributed by atoms with Crippen molar-refractivity contribution in [2.24, 2.45) is 29.4 Å². The molecule has 4 saturated heterocycles. The van der Waals surface area contributed by atoms with Crippen LogP contribution in [0.5, 0.6) is 63.2 Å². The third kappa shape index (κ3) is 28.4. The van der Waals surface area contributed by atoms with E-state index in [9.17, 15) is 44.4 Å². The third-order valence-corrected chi connectivity index (χ3v) is 23.6. The predicted molar refractivity (Wildman–Crippen MR) is 481 cm³/mol. The number of hydrogen-bond donors (Lipinski definition) is 5. The van der Waals surface area contributed by atoms with Gasteiger partial charge in [-0.05, 0) is 192 Å². The van der Waals surface area contributed by atoms with E-state index in [1.807, 2.05) is 252 Å². The second kappa shape index (κ2) is 52.4. The molecular formula is C98H132N6O20. The summed E-state index contributed by atoms with van der Waals surface area (Å²) in [4.78, 5) is 71.7. The lowest BCUT2D eigenvalue weighted by molar-refractivity contribution is -0.144. The molecule has 0 aliphatic carbocycles. The smallest absolute Gasteiger partial charge is 0.308 e. The standard InChI is InChI=1S/C32H45N3O8.3C15H21NO3.3C7H8O/c1-4-5-14-34(15-9-8-13-33)29(36)20-35-19-23(22-17-27(40-3)31-28(18-22)42-21-43-31)30(32(37)38)24(35)12-16-41-26-11-7-6-10-25(26)39-2;3*1-4-13-14(15(17)18)12(9-16(13)2)10-5-7-11(19-3)8-6-10;3*1-8-7-5-3-2-4-6-7/h6-7,10-11,17-18,23-24,30H,4-5,8-9,12-16,19-21,33H2,1-3H3,(H,37,38);3*5-8,12-14H,4,9H2,1-3H3,(H,17,18);3*2-6H,1H3/t23-,24+,30-;3*12-,13+,14-;;;/m1111.../s1. The van der Waals surface area contributed by atoms with E-state index >= 15 is 0 Å². The maximum absolute atomic E-state index is 13.7. The molecule has 0 spiro atoms. The summed E-state index contributed by atoms with van der Waals surface area (Å²) < 4.78 is 58.4. The van der Waals surface area contributed by atoms with Gasteiger partial charge < -0.3 is 97.9 Å². The van der Waals surface area contributed by atoms with Crippen molar-refractivity contribution in [1.29, 1.82) is 0 Å². The predicted octanol–water partition coefficient (Wildman–Crippen LogP) is 15.4. The van der Waals surface area contributed by atoms with Gasteiger partial charge in [-0.1, -0.05) is 137 Å². The van der Waals surface area contributed by atoms with Gasteiger partial charge in [-0.3, -0.25) is 28.9 Å². The zero-order valence-electron chi connectivity index (χ0n) is 74.8. The van der Waals surface area contributed by atoms with Crippen LogP contribution in [-0.4, -0.2) is 243 Å². The number of nitrogens with zero attached hydrogens (tertiary/aromatic N) is 5. The molecule has 5 aliphatic heterocycles. The molecule has 26 nitrogen and oxygen atoms in total. The number of rotatable bonds is 32. The zero-order valence-corrected chi connectivity index (χ0v) is 74.8. The number of amides is 1. The zero-order chi connectivity index (χ0) is 90.2. The molecule has 13 rings (SSSR count).